The molecule has 1 aliphatic carbocycles. The van der Waals surface area contributed by atoms with Gasteiger partial charge < -0.3 is 5.73 Å². The second-order valence-electron chi connectivity index (χ2n) is 6.58. The van der Waals surface area contributed by atoms with Crippen molar-refractivity contribution in [3.8, 4) is 0 Å². The first-order chi connectivity index (χ1) is 10.1. The first kappa shape index (κ1) is 16.4. The molecule has 2 nitrogen and oxygen atoms in total. The van der Waals surface area contributed by atoms with Gasteiger partial charge in [0.1, 0.15) is 5.82 Å². The lowest BCUT2D eigenvalue weighted by Crippen LogP contribution is -2.44. The van der Waals surface area contributed by atoms with Crippen molar-refractivity contribution in [2.24, 2.45) is 17.6 Å². The van der Waals surface area contributed by atoms with Crippen LogP contribution in [0.2, 0.25) is 0 Å². The molecule has 0 saturated heterocycles. The summed E-state index contributed by atoms with van der Waals surface area (Å²) in [5.74, 6) is 1.26. The van der Waals surface area contributed by atoms with Crippen LogP contribution in [-0.2, 0) is 6.54 Å². The zero-order chi connectivity index (χ0) is 15.2. The molecule has 0 spiro atoms. The number of nitrogens with two attached hydrogens (primary N) is 1. The summed E-state index contributed by atoms with van der Waals surface area (Å²) in [5, 5.41) is 0. The zero-order valence-electron chi connectivity index (χ0n) is 13.4. The summed E-state index contributed by atoms with van der Waals surface area (Å²) in [5.41, 5.74) is 7.03. The van der Waals surface area contributed by atoms with E-state index in [0.717, 1.165) is 24.6 Å². The summed E-state index contributed by atoms with van der Waals surface area (Å²) in [6, 6.07) is 7.47. The normalized spacial score (nSPS) is 26.2. The monoisotopic (exact) mass is 292 g/mol. The van der Waals surface area contributed by atoms with Crippen molar-refractivity contribution in [3.05, 3.63) is 35.6 Å². The fourth-order valence-electron chi connectivity index (χ4n) is 3.82. The molecule has 118 valence electrons. The van der Waals surface area contributed by atoms with Crippen LogP contribution in [0.1, 0.15) is 44.6 Å². The summed E-state index contributed by atoms with van der Waals surface area (Å²) in [4.78, 5) is 2.38. The SMILES string of the molecule is CCCC1CCC(CN)C(N(C)Cc2cccc(F)c2)C1. The molecular weight excluding hydrogens is 263 g/mol. The van der Waals surface area contributed by atoms with Gasteiger partial charge >= 0.3 is 0 Å². The maximum absolute atomic E-state index is 13.3. The maximum Gasteiger partial charge on any atom is 0.123 e. The number of hydrogen-bond donors (Lipinski definition) is 1. The summed E-state index contributed by atoms with van der Waals surface area (Å²) in [6.45, 7) is 3.83. The minimum absolute atomic E-state index is 0.149. The summed E-state index contributed by atoms with van der Waals surface area (Å²) >= 11 is 0. The van der Waals surface area contributed by atoms with Crippen LogP contribution in [0.5, 0.6) is 0 Å². The summed E-state index contributed by atoms with van der Waals surface area (Å²) in [6.07, 6.45) is 6.38. The van der Waals surface area contributed by atoms with Crippen LogP contribution in [0.15, 0.2) is 24.3 Å². The third-order valence-electron chi connectivity index (χ3n) is 4.95. The van der Waals surface area contributed by atoms with Gasteiger partial charge in [0.05, 0.1) is 0 Å². The van der Waals surface area contributed by atoms with Crippen LogP contribution in [-0.4, -0.2) is 24.5 Å². The Morgan fingerprint density at radius 3 is 2.81 bits per heavy atom. The van der Waals surface area contributed by atoms with Crippen LogP contribution < -0.4 is 5.73 Å². The van der Waals surface area contributed by atoms with E-state index >= 15 is 0 Å². The van der Waals surface area contributed by atoms with Gasteiger partial charge in [0, 0.05) is 12.6 Å². The lowest BCUT2D eigenvalue weighted by Gasteiger charge is -2.41. The smallest absolute Gasteiger partial charge is 0.123 e. The third kappa shape index (κ3) is 4.52. The predicted molar refractivity (Wildman–Crippen MR) is 86.4 cm³/mol. The van der Waals surface area contributed by atoms with Gasteiger partial charge in [0.15, 0.2) is 0 Å². The molecule has 0 radical (unpaired) electrons. The van der Waals surface area contributed by atoms with E-state index < -0.39 is 0 Å². The molecule has 0 bridgehead atoms. The van der Waals surface area contributed by atoms with Gasteiger partial charge in [-0.1, -0.05) is 38.3 Å². The van der Waals surface area contributed by atoms with Crippen molar-refractivity contribution in [1.29, 1.82) is 0 Å². The molecule has 3 heteroatoms. The average molecular weight is 292 g/mol. The fraction of sp³-hybridized carbons (Fsp3) is 0.667. The molecule has 3 unspecified atom stereocenters. The molecular formula is C18H29FN2. The quantitative estimate of drug-likeness (QED) is 0.864. The Labute approximate surface area is 128 Å². The van der Waals surface area contributed by atoms with Crippen molar-refractivity contribution in [3.63, 3.8) is 0 Å². The van der Waals surface area contributed by atoms with E-state index in [4.69, 9.17) is 5.73 Å². The van der Waals surface area contributed by atoms with E-state index in [0.29, 0.717) is 12.0 Å². The van der Waals surface area contributed by atoms with Crippen molar-refractivity contribution < 1.29 is 4.39 Å². The molecule has 1 saturated carbocycles. The van der Waals surface area contributed by atoms with E-state index in [-0.39, 0.29) is 5.82 Å². The van der Waals surface area contributed by atoms with E-state index in [1.165, 1.54) is 38.2 Å². The van der Waals surface area contributed by atoms with E-state index in [1.807, 2.05) is 6.07 Å². The van der Waals surface area contributed by atoms with Crippen LogP contribution in [0.4, 0.5) is 4.39 Å². The Morgan fingerprint density at radius 2 is 2.14 bits per heavy atom. The summed E-state index contributed by atoms with van der Waals surface area (Å²) in [7, 11) is 2.16. The average Bonchev–Trinajstić information content (AvgIpc) is 2.47. The minimum atomic E-state index is -0.149. The zero-order valence-corrected chi connectivity index (χ0v) is 13.4. The van der Waals surface area contributed by atoms with Crippen molar-refractivity contribution >= 4 is 0 Å². The molecule has 0 amide bonds. The topological polar surface area (TPSA) is 29.3 Å². The molecule has 1 fully saturated rings. The first-order valence-electron chi connectivity index (χ1n) is 8.28. The lowest BCUT2D eigenvalue weighted by molar-refractivity contribution is 0.0946. The lowest BCUT2D eigenvalue weighted by atomic mass is 9.76. The Kier molecular flexibility index (Phi) is 6.19. The van der Waals surface area contributed by atoms with Gasteiger partial charge in [0.25, 0.3) is 0 Å². The van der Waals surface area contributed by atoms with E-state index in [9.17, 15) is 4.39 Å². The van der Waals surface area contributed by atoms with Crippen molar-refractivity contribution in [2.45, 2.75) is 51.6 Å². The van der Waals surface area contributed by atoms with Crippen LogP contribution >= 0.6 is 0 Å². The third-order valence-corrected chi connectivity index (χ3v) is 4.95. The maximum atomic E-state index is 13.3. The Hall–Kier alpha value is -0.930. The van der Waals surface area contributed by atoms with Gasteiger partial charge in [-0.25, -0.2) is 4.39 Å². The van der Waals surface area contributed by atoms with E-state index in [2.05, 4.69) is 18.9 Å². The highest BCUT2D eigenvalue weighted by atomic mass is 19.1. The Balaban J connectivity index is 2.01. The molecule has 21 heavy (non-hydrogen) atoms. The number of benzene rings is 1. The summed E-state index contributed by atoms with van der Waals surface area (Å²) < 4.78 is 13.3. The highest BCUT2D eigenvalue weighted by Gasteiger charge is 2.31. The number of hydrogen-bond acceptors (Lipinski definition) is 2. The predicted octanol–water partition coefficient (Wildman–Crippen LogP) is 3.80. The van der Waals surface area contributed by atoms with Gasteiger partial charge in [-0.15, -0.1) is 0 Å². The van der Waals surface area contributed by atoms with Gasteiger partial charge in [-0.3, -0.25) is 4.90 Å². The van der Waals surface area contributed by atoms with E-state index in [1.54, 1.807) is 12.1 Å². The standard InChI is InChI=1S/C18H29FN2/c1-3-5-14-8-9-16(12-20)18(11-14)21(2)13-15-6-4-7-17(19)10-15/h4,6-7,10,14,16,18H,3,5,8-9,11-13,20H2,1-2H3. The number of nitrogens with zero attached hydrogens (tertiary/aromatic N) is 1. The minimum Gasteiger partial charge on any atom is -0.330 e. The fourth-order valence-corrected chi connectivity index (χ4v) is 3.82. The molecule has 1 aromatic rings. The molecule has 0 aromatic heterocycles. The molecule has 0 aliphatic heterocycles. The molecule has 1 aromatic carbocycles. The largest absolute Gasteiger partial charge is 0.330 e. The molecule has 3 atom stereocenters. The highest BCUT2D eigenvalue weighted by Crippen LogP contribution is 2.34. The molecule has 0 heterocycles. The second-order valence-corrected chi connectivity index (χ2v) is 6.58. The first-order valence-corrected chi connectivity index (χ1v) is 8.28. The van der Waals surface area contributed by atoms with Gasteiger partial charge in [-0.05, 0) is 56.0 Å². The Morgan fingerprint density at radius 1 is 1.33 bits per heavy atom. The number of halogens is 1. The molecule has 2 N–H and O–H groups in total. The Bertz CT molecular complexity index is 435. The molecule has 1 aliphatic rings. The van der Waals surface area contributed by atoms with Crippen LogP contribution in [0.25, 0.3) is 0 Å². The van der Waals surface area contributed by atoms with Crippen LogP contribution in [0, 0.1) is 17.7 Å². The second kappa shape index (κ2) is 7.90. The van der Waals surface area contributed by atoms with Crippen LogP contribution in [0.3, 0.4) is 0 Å². The number of rotatable bonds is 6. The van der Waals surface area contributed by atoms with Crippen molar-refractivity contribution in [1.82, 2.24) is 4.90 Å². The molecule has 2 rings (SSSR count). The highest BCUT2D eigenvalue weighted by molar-refractivity contribution is 5.16. The van der Waals surface area contributed by atoms with Crippen molar-refractivity contribution in [2.75, 3.05) is 13.6 Å². The van der Waals surface area contributed by atoms with Gasteiger partial charge in [-0.2, -0.15) is 0 Å². The van der Waals surface area contributed by atoms with Gasteiger partial charge in [0.2, 0.25) is 0 Å².